The van der Waals surface area contributed by atoms with Gasteiger partial charge in [-0.15, -0.1) is 0 Å². The summed E-state index contributed by atoms with van der Waals surface area (Å²) in [6, 6.07) is 6.91. The average molecular weight is 292 g/mol. The van der Waals surface area contributed by atoms with Crippen molar-refractivity contribution in [3.63, 3.8) is 0 Å². The zero-order valence-electron chi connectivity index (χ0n) is 12.5. The molecular formula is C18H20N4. The van der Waals surface area contributed by atoms with Crippen LogP contribution in [0.2, 0.25) is 0 Å². The summed E-state index contributed by atoms with van der Waals surface area (Å²) >= 11 is 0. The van der Waals surface area contributed by atoms with Crippen molar-refractivity contribution < 1.29 is 0 Å². The molecule has 0 bridgehead atoms. The van der Waals surface area contributed by atoms with Crippen LogP contribution < -0.4 is 10.6 Å². The largest absolute Gasteiger partial charge is 0.381 e. The molecule has 2 aliphatic carbocycles. The summed E-state index contributed by atoms with van der Waals surface area (Å²) < 4.78 is 0. The minimum Gasteiger partial charge on any atom is -0.381 e. The molecule has 112 valence electrons. The van der Waals surface area contributed by atoms with E-state index in [1.165, 1.54) is 18.4 Å². The fourth-order valence-corrected chi connectivity index (χ4v) is 2.71. The van der Waals surface area contributed by atoms with E-state index in [0.29, 0.717) is 6.04 Å². The Labute approximate surface area is 130 Å². The number of hydrogen-bond acceptors (Lipinski definition) is 4. The van der Waals surface area contributed by atoms with E-state index in [1.807, 2.05) is 0 Å². The van der Waals surface area contributed by atoms with Crippen LogP contribution in [0.3, 0.4) is 0 Å². The van der Waals surface area contributed by atoms with Crippen LogP contribution in [0.25, 0.3) is 10.9 Å². The lowest BCUT2D eigenvalue weighted by atomic mass is 10.1. The Morgan fingerprint density at radius 1 is 1.14 bits per heavy atom. The highest BCUT2D eigenvalue weighted by molar-refractivity contribution is 5.91. The van der Waals surface area contributed by atoms with E-state index in [1.54, 1.807) is 6.33 Å². The molecule has 0 amide bonds. The van der Waals surface area contributed by atoms with Gasteiger partial charge in [0.2, 0.25) is 0 Å². The molecule has 1 heterocycles. The van der Waals surface area contributed by atoms with Crippen LogP contribution in [0.1, 0.15) is 25.7 Å². The van der Waals surface area contributed by atoms with Gasteiger partial charge in [-0.25, -0.2) is 9.97 Å². The Kier molecular flexibility index (Phi) is 3.51. The molecule has 0 radical (unpaired) electrons. The molecule has 0 saturated heterocycles. The van der Waals surface area contributed by atoms with Crippen LogP contribution in [-0.2, 0) is 0 Å². The molecule has 1 aromatic carbocycles. The summed E-state index contributed by atoms with van der Waals surface area (Å²) in [6.45, 7) is 0.861. The Balaban J connectivity index is 1.52. The van der Waals surface area contributed by atoms with Gasteiger partial charge in [-0.2, -0.15) is 0 Å². The van der Waals surface area contributed by atoms with Crippen molar-refractivity contribution in [1.29, 1.82) is 0 Å². The molecule has 1 saturated carbocycles. The average Bonchev–Trinajstić information content (AvgIpc) is 3.38. The smallest absolute Gasteiger partial charge is 0.137 e. The predicted octanol–water partition coefficient (Wildman–Crippen LogP) is 3.89. The number of hydrogen-bond donors (Lipinski definition) is 2. The maximum absolute atomic E-state index is 4.41. The van der Waals surface area contributed by atoms with Gasteiger partial charge >= 0.3 is 0 Å². The van der Waals surface area contributed by atoms with Gasteiger partial charge < -0.3 is 10.6 Å². The van der Waals surface area contributed by atoms with E-state index in [0.717, 1.165) is 41.8 Å². The van der Waals surface area contributed by atoms with Crippen LogP contribution in [0.15, 0.2) is 48.3 Å². The Morgan fingerprint density at radius 2 is 2.09 bits per heavy atom. The second-order valence-electron chi connectivity index (χ2n) is 5.99. The molecule has 1 fully saturated rings. The lowest BCUT2D eigenvalue weighted by molar-refractivity contribution is 1.00. The first-order valence-corrected chi connectivity index (χ1v) is 7.99. The number of anilines is 2. The highest BCUT2D eigenvalue weighted by Crippen LogP contribution is 2.28. The summed E-state index contributed by atoms with van der Waals surface area (Å²) in [5, 5.41) is 8.05. The summed E-state index contributed by atoms with van der Waals surface area (Å²) in [4.78, 5) is 8.78. The molecule has 0 unspecified atom stereocenters. The van der Waals surface area contributed by atoms with Gasteiger partial charge in [0.15, 0.2) is 0 Å². The van der Waals surface area contributed by atoms with Crippen molar-refractivity contribution >= 4 is 22.4 Å². The van der Waals surface area contributed by atoms with Crippen molar-refractivity contribution in [1.82, 2.24) is 9.97 Å². The van der Waals surface area contributed by atoms with E-state index in [4.69, 9.17) is 0 Å². The number of benzene rings is 1. The third-order valence-electron chi connectivity index (χ3n) is 4.12. The van der Waals surface area contributed by atoms with E-state index in [-0.39, 0.29) is 0 Å². The molecule has 2 aromatic rings. The van der Waals surface area contributed by atoms with Crippen LogP contribution in [0, 0.1) is 0 Å². The minimum atomic E-state index is 0.598. The maximum atomic E-state index is 4.41. The van der Waals surface area contributed by atoms with Crippen LogP contribution >= 0.6 is 0 Å². The highest BCUT2D eigenvalue weighted by Gasteiger charge is 2.22. The van der Waals surface area contributed by atoms with Crippen molar-refractivity contribution in [3.8, 4) is 0 Å². The molecule has 4 heteroatoms. The number of nitrogens with one attached hydrogen (secondary N) is 2. The molecule has 22 heavy (non-hydrogen) atoms. The molecule has 1 aromatic heterocycles. The topological polar surface area (TPSA) is 49.8 Å². The van der Waals surface area contributed by atoms with Crippen molar-refractivity contribution in [3.05, 3.63) is 48.3 Å². The second-order valence-corrected chi connectivity index (χ2v) is 5.99. The summed E-state index contributed by atoms with van der Waals surface area (Å²) in [7, 11) is 0. The normalized spacial score (nSPS) is 17.4. The van der Waals surface area contributed by atoms with Gasteiger partial charge in [-0.05, 0) is 49.5 Å². The number of aromatic nitrogens is 2. The molecule has 0 aliphatic heterocycles. The molecule has 0 atom stereocenters. The van der Waals surface area contributed by atoms with E-state index < -0.39 is 0 Å². The fraction of sp³-hybridized carbons (Fsp3) is 0.333. The fourth-order valence-electron chi connectivity index (χ4n) is 2.71. The van der Waals surface area contributed by atoms with Crippen LogP contribution in [-0.4, -0.2) is 22.6 Å². The van der Waals surface area contributed by atoms with Gasteiger partial charge in [0.1, 0.15) is 12.1 Å². The third-order valence-corrected chi connectivity index (χ3v) is 4.12. The van der Waals surface area contributed by atoms with Crippen molar-refractivity contribution in [2.45, 2.75) is 31.7 Å². The summed E-state index contributed by atoms with van der Waals surface area (Å²) in [6.07, 6.45) is 13.2. The molecule has 2 aliphatic rings. The lowest BCUT2D eigenvalue weighted by Gasteiger charge is -2.11. The van der Waals surface area contributed by atoms with Crippen molar-refractivity contribution in [2.75, 3.05) is 17.2 Å². The van der Waals surface area contributed by atoms with Gasteiger partial charge in [0.05, 0.1) is 5.52 Å². The maximum Gasteiger partial charge on any atom is 0.137 e. The van der Waals surface area contributed by atoms with Gasteiger partial charge in [0, 0.05) is 23.7 Å². The zero-order valence-corrected chi connectivity index (χ0v) is 12.5. The van der Waals surface area contributed by atoms with E-state index in [9.17, 15) is 0 Å². The molecule has 0 spiro atoms. The monoisotopic (exact) mass is 292 g/mol. The van der Waals surface area contributed by atoms with Gasteiger partial charge in [0.25, 0.3) is 0 Å². The predicted molar refractivity (Wildman–Crippen MR) is 91.1 cm³/mol. The number of rotatable bonds is 5. The van der Waals surface area contributed by atoms with Crippen LogP contribution in [0.5, 0.6) is 0 Å². The first kappa shape index (κ1) is 13.3. The first-order chi connectivity index (χ1) is 10.9. The Hall–Kier alpha value is -2.36. The van der Waals surface area contributed by atoms with E-state index in [2.05, 4.69) is 57.0 Å². The van der Waals surface area contributed by atoms with Crippen LogP contribution in [0.4, 0.5) is 11.5 Å². The second kappa shape index (κ2) is 5.79. The first-order valence-electron chi connectivity index (χ1n) is 7.99. The molecule has 4 nitrogen and oxygen atoms in total. The SMILES string of the molecule is C1=CC(CNc2ccc3c(NC4CC4)ncnc3c2)=CCC1. The van der Waals surface area contributed by atoms with Gasteiger partial charge in [-0.3, -0.25) is 0 Å². The lowest BCUT2D eigenvalue weighted by Crippen LogP contribution is -2.06. The quantitative estimate of drug-likeness (QED) is 0.877. The summed E-state index contributed by atoms with van der Waals surface area (Å²) in [5.74, 6) is 0.956. The number of fused-ring (bicyclic) bond motifs is 1. The molecule has 2 N–H and O–H groups in total. The number of allylic oxidation sites excluding steroid dienone is 2. The third kappa shape index (κ3) is 2.96. The number of nitrogens with zero attached hydrogens (tertiary/aromatic N) is 2. The highest BCUT2D eigenvalue weighted by atomic mass is 15.1. The Bertz CT molecular complexity index is 744. The van der Waals surface area contributed by atoms with Crippen molar-refractivity contribution in [2.24, 2.45) is 0 Å². The zero-order chi connectivity index (χ0) is 14.8. The summed E-state index contributed by atoms with van der Waals surface area (Å²) in [5.41, 5.74) is 3.44. The Morgan fingerprint density at radius 3 is 2.91 bits per heavy atom. The standard InChI is InChI=1S/C18H20N4/c1-2-4-13(5-3-1)11-19-15-8-9-16-17(10-15)20-12-21-18(16)22-14-6-7-14/h2,4-5,8-10,12,14,19H,1,3,6-7,11H2,(H,20,21,22). The molecule has 4 rings (SSSR count). The van der Waals surface area contributed by atoms with E-state index >= 15 is 0 Å². The van der Waals surface area contributed by atoms with Gasteiger partial charge in [-0.1, -0.05) is 18.2 Å². The molecular weight excluding hydrogens is 272 g/mol. The minimum absolute atomic E-state index is 0.598.